The van der Waals surface area contributed by atoms with Crippen LogP contribution in [0.5, 0.6) is 5.88 Å². The SMILES string of the molecule is Nc1ccc(OC(=O)N2CCc3ccccc3C2)nc1. The quantitative estimate of drug-likeness (QED) is 0.862. The zero-order valence-electron chi connectivity index (χ0n) is 11.0. The molecule has 1 amide bonds. The first kappa shape index (κ1) is 12.5. The van der Waals surface area contributed by atoms with Crippen LogP contribution in [-0.2, 0) is 13.0 Å². The lowest BCUT2D eigenvalue weighted by Gasteiger charge is -2.27. The molecule has 0 spiro atoms. The number of ether oxygens (including phenoxy) is 1. The number of fused-ring (bicyclic) bond motifs is 1. The molecular formula is C15H15N3O2. The van der Waals surface area contributed by atoms with Gasteiger partial charge in [-0.3, -0.25) is 0 Å². The number of carbonyl (C=O) groups excluding carboxylic acids is 1. The predicted octanol–water partition coefficient (Wildman–Crippen LogP) is 2.22. The molecule has 1 aliphatic heterocycles. The molecular weight excluding hydrogens is 254 g/mol. The minimum absolute atomic E-state index is 0.267. The van der Waals surface area contributed by atoms with E-state index >= 15 is 0 Å². The number of carbonyl (C=O) groups is 1. The highest BCUT2D eigenvalue weighted by atomic mass is 16.6. The average molecular weight is 269 g/mol. The highest BCUT2D eigenvalue weighted by Crippen LogP contribution is 2.19. The van der Waals surface area contributed by atoms with Gasteiger partial charge in [-0.15, -0.1) is 0 Å². The van der Waals surface area contributed by atoms with Gasteiger partial charge in [0.15, 0.2) is 0 Å². The lowest BCUT2D eigenvalue weighted by Crippen LogP contribution is -2.37. The fourth-order valence-corrected chi connectivity index (χ4v) is 2.26. The van der Waals surface area contributed by atoms with Crippen LogP contribution in [0.4, 0.5) is 10.5 Å². The molecule has 0 unspecified atom stereocenters. The number of hydrogen-bond acceptors (Lipinski definition) is 4. The summed E-state index contributed by atoms with van der Waals surface area (Å²) in [6.45, 7) is 1.23. The third-order valence-corrected chi connectivity index (χ3v) is 3.34. The van der Waals surface area contributed by atoms with Crippen molar-refractivity contribution >= 4 is 11.8 Å². The molecule has 5 heteroatoms. The highest BCUT2D eigenvalue weighted by molar-refractivity contribution is 5.70. The molecule has 1 aromatic heterocycles. The Morgan fingerprint density at radius 3 is 2.75 bits per heavy atom. The van der Waals surface area contributed by atoms with Crippen LogP contribution in [0.25, 0.3) is 0 Å². The lowest BCUT2D eigenvalue weighted by molar-refractivity contribution is 0.145. The number of nitrogens with zero attached hydrogens (tertiary/aromatic N) is 2. The van der Waals surface area contributed by atoms with E-state index in [4.69, 9.17) is 10.5 Å². The van der Waals surface area contributed by atoms with Crippen LogP contribution in [0.1, 0.15) is 11.1 Å². The summed E-state index contributed by atoms with van der Waals surface area (Å²) in [5.74, 6) is 0.267. The maximum absolute atomic E-state index is 12.1. The number of pyridine rings is 1. The van der Waals surface area contributed by atoms with E-state index in [1.807, 2.05) is 18.2 Å². The molecule has 3 rings (SSSR count). The Labute approximate surface area is 117 Å². The molecule has 0 saturated heterocycles. The first-order valence-corrected chi connectivity index (χ1v) is 6.47. The minimum atomic E-state index is -0.378. The number of benzene rings is 1. The van der Waals surface area contributed by atoms with Gasteiger partial charge in [0.25, 0.3) is 0 Å². The molecule has 0 fully saturated rings. The van der Waals surface area contributed by atoms with E-state index in [1.54, 1.807) is 17.0 Å². The molecule has 0 aliphatic carbocycles. The largest absolute Gasteiger partial charge is 0.416 e. The molecule has 2 N–H and O–H groups in total. The van der Waals surface area contributed by atoms with Crippen LogP contribution in [0.15, 0.2) is 42.6 Å². The van der Waals surface area contributed by atoms with E-state index in [0.717, 1.165) is 6.42 Å². The molecule has 2 heterocycles. The van der Waals surface area contributed by atoms with E-state index in [2.05, 4.69) is 11.1 Å². The van der Waals surface area contributed by atoms with E-state index < -0.39 is 0 Å². The number of aromatic nitrogens is 1. The normalized spacial score (nSPS) is 13.7. The second-order valence-electron chi connectivity index (χ2n) is 4.74. The van der Waals surface area contributed by atoms with Crippen molar-refractivity contribution in [2.24, 2.45) is 0 Å². The Morgan fingerprint density at radius 1 is 1.20 bits per heavy atom. The van der Waals surface area contributed by atoms with Gasteiger partial charge >= 0.3 is 6.09 Å². The third kappa shape index (κ3) is 2.56. The number of rotatable bonds is 1. The second-order valence-corrected chi connectivity index (χ2v) is 4.74. The molecule has 2 aromatic rings. The van der Waals surface area contributed by atoms with Crippen molar-refractivity contribution in [3.8, 4) is 5.88 Å². The van der Waals surface area contributed by atoms with Gasteiger partial charge in [-0.25, -0.2) is 9.78 Å². The van der Waals surface area contributed by atoms with Crippen molar-refractivity contribution in [3.63, 3.8) is 0 Å². The van der Waals surface area contributed by atoms with Crippen LogP contribution >= 0.6 is 0 Å². The van der Waals surface area contributed by atoms with Crippen molar-refractivity contribution in [1.29, 1.82) is 0 Å². The van der Waals surface area contributed by atoms with Crippen molar-refractivity contribution in [1.82, 2.24) is 9.88 Å². The molecule has 0 radical (unpaired) electrons. The van der Waals surface area contributed by atoms with Gasteiger partial charge in [-0.2, -0.15) is 0 Å². The predicted molar refractivity (Wildman–Crippen MR) is 75.2 cm³/mol. The summed E-state index contributed by atoms with van der Waals surface area (Å²) in [5, 5.41) is 0. The molecule has 0 atom stereocenters. The summed E-state index contributed by atoms with van der Waals surface area (Å²) in [4.78, 5) is 17.7. The smallest absolute Gasteiger partial charge is 0.397 e. The van der Waals surface area contributed by atoms with E-state index in [-0.39, 0.29) is 12.0 Å². The lowest BCUT2D eigenvalue weighted by atomic mass is 10.0. The summed E-state index contributed by atoms with van der Waals surface area (Å²) >= 11 is 0. The Hall–Kier alpha value is -2.56. The van der Waals surface area contributed by atoms with E-state index in [0.29, 0.717) is 18.8 Å². The van der Waals surface area contributed by atoms with E-state index in [9.17, 15) is 4.79 Å². The van der Waals surface area contributed by atoms with Crippen molar-refractivity contribution in [2.45, 2.75) is 13.0 Å². The molecule has 20 heavy (non-hydrogen) atoms. The minimum Gasteiger partial charge on any atom is -0.397 e. The number of hydrogen-bond donors (Lipinski definition) is 1. The first-order chi connectivity index (χ1) is 9.72. The van der Waals surface area contributed by atoms with Gasteiger partial charge in [0.1, 0.15) is 0 Å². The standard InChI is InChI=1S/C15H15N3O2/c16-13-5-6-14(17-9-13)20-15(19)18-8-7-11-3-1-2-4-12(11)10-18/h1-6,9H,7-8,10,16H2. The molecule has 1 aliphatic rings. The Morgan fingerprint density at radius 2 is 2.00 bits per heavy atom. The molecule has 0 saturated carbocycles. The van der Waals surface area contributed by atoms with Gasteiger partial charge in [0, 0.05) is 19.2 Å². The zero-order valence-corrected chi connectivity index (χ0v) is 11.0. The maximum atomic E-state index is 12.1. The molecule has 0 bridgehead atoms. The summed E-state index contributed by atoms with van der Waals surface area (Å²) in [6.07, 6.45) is 1.94. The summed E-state index contributed by atoms with van der Waals surface area (Å²) in [6, 6.07) is 11.4. The van der Waals surface area contributed by atoms with Gasteiger partial charge in [0.05, 0.1) is 11.9 Å². The summed E-state index contributed by atoms with van der Waals surface area (Å²) in [5.41, 5.74) is 8.54. The van der Waals surface area contributed by atoms with Gasteiger partial charge < -0.3 is 15.4 Å². The van der Waals surface area contributed by atoms with Gasteiger partial charge in [-0.1, -0.05) is 24.3 Å². The van der Waals surface area contributed by atoms with Crippen molar-refractivity contribution in [3.05, 3.63) is 53.7 Å². The number of anilines is 1. The summed E-state index contributed by atoms with van der Waals surface area (Å²) < 4.78 is 5.24. The molecule has 102 valence electrons. The molecule has 1 aromatic carbocycles. The number of amides is 1. The first-order valence-electron chi connectivity index (χ1n) is 6.47. The fraction of sp³-hybridized carbons (Fsp3) is 0.200. The molecule has 5 nitrogen and oxygen atoms in total. The van der Waals surface area contributed by atoms with Crippen LogP contribution < -0.4 is 10.5 Å². The Kier molecular flexibility index (Phi) is 3.25. The Bertz CT molecular complexity index is 625. The highest BCUT2D eigenvalue weighted by Gasteiger charge is 2.22. The number of nitrogen functional groups attached to an aromatic ring is 1. The van der Waals surface area contributed by atoms with Gasteiger partial charge in [0.2, 0.25) is 5.88 Å². The Balaban J connectivity index is 1.68. The van der Waals surface area contributed by atoms with Gasteiger partial charge in [-0.05, 0) is 23.6 Å². The average Bonchev–Trinajstić information content (AvgIpc) is 2.49. The van der Waals surface area contributed by atoms with Crippen molar-refractivity contribution < 1.29 is 9.53 Å². The van der Waals surface area contributed by atoms with Crippen LogP contribution in [0.2, 0.25) is 0 Å². The fourth-order valence-electron chi connectivity index (χ4n) is 2.26. The van der Waals surface area contributed by atoms with Crippen LogP contribution in [-0.4, -0.2) is 22.5 Å². The number of nitrogens with two attached hydrogens (primary N) is 1. The second kappa shape index (κ2) is 5.21. The monoisotopic (exact) mass is 269 g/mol. The summed E-state index contributed by atoms with van der Waals surface area (Å²) in [7, 11) is 0. The van der Waals surface area contributed by atoms with Crippen LogP contribution in [0, 0.1) is 0 Å². The van der Waals surface area contributed by atoms with Crippen LogP contribution in [0.3, 0.4) is 0 Å². The maximum Gasteiger partial charge on any atom is 0.416 e. The third-order valence-electron chi connectivity index (χ3n) is 3.34. The van der Waals surface area contributed by atoms with Crippen molar-refractivity contribution in [2.75, 3.05) is 12.3 Å². The van der Waals surface area contributed by atoms with E-state index in [1.165, 1.54) is 17.3 Å². The topological polar surface area (TPSA) is 68.5 Å². The zero-order chi connectivity index (χ0) is 13.9.